The number of carbonyl (C=O) groups is 2. The Hall–Kier alpha value is -2.39. The van der Waals surface area contributed by atoms with Crippen LogP contribution in [0.25, 0.3) is 0 Å². The number of nitrogens with zero attached hydrogens (tertiary/aromatic N) is 2. The molecule has 2 amide bonds. The summed E-state index contributed by atoms with van der Waals surface area (Å²) in [6, 6.07) is 8.70. The van der Waals surface area contributed by atoms with Crippen molar-refractivity contribution in [3.63, 3.8) is 0 Å². The fourth-order valence-electron chi connectivity index (χ4n) is 1.75. The number of anilines is 1. The summed E-state index contributed by atoms with van der Waals surface area (Å²) in [6.45, 7) is 2.70. The summed E-state index contributed by atoms with van der Waals surface area (Å²) in [5.74, 6) is -0.292. The van der Waals surface area contributed by atoms with E-state index in [0.29, 0.717) is 30.9 Å². The van der Waals surface area contributed by atoms with Gasteiger partial charge in [0.25, 0.3) is 0 Å². The molecule has 0 aliphatic heterocycles. The average Bonchev–Trinajstić information content (AvgIpc) is 2.47. The molecule has 0 spiro atoms. The third-order valence-electron chi connectivity index (χ3n) is 2.89. The molecule has 1 N–H and O–H groups in total. The van der Waals surface area contributed by atoms with Crippen LogP contribution in [-0.4, -0.2) is 43.5 Å². The van der Waals surface area contributed by atoms with Crippen molar-refractivity contribution < 1.29 is 14.3 Å². The number of amides is 2. The molecule has 6 nitrogen and oxygen atoms in total. The topological polar surface area (TPSA) is 82.4 Å². The number of nitriles is 1. The fourth-order valence-corrected chi connectivity index (χ4v) is 1.75. The third kappa shape index (κ3) is 6.06. The average molecular weight is 289 g/mol. The van der Waals surface area contributed by atoms with Crippen LogP contribution < -0.4 is 5.32 Å². The number of ether oxygens (including phenoxy) is 1. The molecule has 0 unspecified atom stereocenters. The smallest absolute Gasteiger partial charge is 0.226 e. The van der Waals surface area contributed by atoms with Crippen LogP contribution in [0.3, 0.4) is 0 Å². The summed E-state index contributed by atoms with van der Waals surface area (Å²) in [4.78, 5) is 24.8. The SMILES string of the molecule is COCCN(CCC(=O)Nc1cccc(C#N)c1)C(C)=O. The highest BCUT2D eigenvalue weighted by Crippen LogP contribution is 2.10. The molecule has 1 rings (SSSR count). The maximum Gasteiger partial charge on any atom is 0.226 e. The lowest BCUT2D eigenvalue weighted by atomic mass is 10.2. The molecule has 0 radical (unpaired) electrons. The van der Waals surface area contributed by atoms with Crippen LogP contribution in [0, 0.1) is 11.3 Å². The van der Waals surface area contributed by atoms with Gasteiger partial charge >= 0.3 is 0 Å². The molecule has 1 aromatic carbocycles. The van der Waals surface area contributed by atoms with E-state index in [1.807, 2.05) is 6.07 Å². The van der Waals surface area contributed by atoms with E-state index in [4.69, 9.17) is 10.00 Å². The van der Waals surface area contributed by atoms with Crippen LogP contribution in [0.4, 0.5) is 5.69 Å². The summed E-state index contributed by atoms with van der Waals surface area (Å²) >= 11 is 0. The molecule has 0 saturated carbocycles. The van der Waals surface area contributed by atoms with Gasteiger partial charge < -0.3 is 15.0 Å². The van der Waals surface area contributed by atoms with Crippen LogP contribution in [0.2, 0.25) is 0 Å². The molecule has 1 aromatic rings. The first-order chi connectivity index (χ1) is 10.1. The Kier molecular flexibility index (Phi) is 6.92. The minimum Gasteiger partial charge on any atom is -0.383 e. The molecule has 0 bridgehead atoms. The van der Waals surface area contributed by atoms with E-state index in [2.05, 4.69) is 5.32 Å². The zero-order valence-corrected chi connectivity index (χ0v) is 12.3. The first kappa shape index (κ1) is 16.7. The van der Waals surface area contributed by atoms with Crippen molar-refractivity contribution in [1.82, 2.24) is 4.90 Å². The van der Waals surface area contributed by atoms with E-state index < -0.39 is 0 Å². The molecule has 0 atom stereocenters. The Morgan fingerprint density at radius 2 is 2.14 bits per heavy atom. The van der Waals surface area contributed by atoms with Gasteiger partial charge in [-0.25, -0.2) is 0 Å². The highest BCUT2D eigenvalue weighted by Gasteiger charge is 2.11. The summed E-state index contributed by atoms with van der Waals surface area (Å²) in [7, 11) is 1.56. The first-order valence-corrected chi connectivity index (χ1v) is 6.61. The number of carbonyl (C=O) groups excluding carboxylic acids is 2. The molecule has 0 heterocycles. The van der Waals surface area contributed by atoms with Crippen molar-refractivity contribution in [1.29, 1.82) is 5.26 Å². The predicted molar refractivity (Wildman–Crippen MR) is 78.5 cm³/mol. The van der Waals surface area contributed by atoms with Crippen LogP contribution in [0.15, 0.2) is 24.3 Å². The van der Waals surface area contributed by atoms with E-state index in [1.54, 1.807) is 36.3 Å². The van der Waals surface area contributed by atoms with Gasteiger partial charge in [-0.2, -0.15) is 5.26 Å². The molecule has 0 aliphatic rings. The highest BCUT2D eigenvalue weighted by molar-refractivity contribution is 5.91. The largest absolute Gasteiger partial charge is 0.383 e. The van der Waals surface area contributed by atoms with E-state index in [9.17, 15) is 9.59 Å². The molecule has 21 heavy (non-hydrogen) atoms. The molecule has 6 heteroatoms. The standard InChI is InChI=1S/C15H19N3O3/c1-12(19)18(8-9-21-2)7-6-15(20)17-14-5-3-4-13(10-14)11-16/h3-5,10H,6-9H2,1-2H3,(H,17,20). The molecule has 0 saturated heterocycles. The Morgan fingerprint density at radius 3 is 2.76 bits per heavy atom. The van der Waals surface area contributed by atoms with Gasteiger partial charge in [-0.3, -0.25) is 9.59 Å². The number of hydrogen-bond acceptors (Lipinski definition) is 4. The van der Waals surface area contributed by atoms with Gasteiger partial charge in [-0.05, 0) is 18.2 Å². The molecule has 0 aliphatic carbocycles. The van der Waals surface area contributed by atoms with E-state index in [0.717, 1.165) is 0 Å². The van der Waals surface area contributed by atoms with Crippen molar-refractivity contribution in [2.75, 3.05) is 32.1 Å². The molecule has 0 aromatic heterocycles. The van der Waals surface area contributed by atoms with Crippen LogP contribution in [-0.2, 0) is 14.3 Å². The highest BCUT2D eigenvalue weighted by atomic mass is 16.5. The van der Waals surface area contributed by atoms with Crippen molar-refractivity contribution in [3.05, 3.63) is 29.8 Å². The van der Waals surface area contributed by atoms with Crippen molar-refractivity contribution >= 4 is 17.5 Å². The Morgan fingerprint density at radius 1 is 1.38 bits per heavy atom. The molecule has 0 fully saturated rings. The summed E-state index contributed by atoms with van der Waals surface area (Å²) in [5, 5.41) is 11.5. The van der Waals surface area contributed by atoms with Gasteiger partial charge in [0.2, 0.25) is 11.8 Å². The molecule has 112 valence electrons. The first-order valence-electron chi connectivity index (χ1n) is 6.61. The van der Waals surface area contributed by atoms with Crippen molar-refractivity contribution in [2.45, 2.75) is 13.3 Å². The minimum absolute atomic E-state index is 0.0914. The predicted octanol–water partition coefficient (Wildman–Crippen LogP) is 1.38. The van der Waals surface area contributed by atoms with E-state index in [-0.39, 0.29) is 18.2 Å². The quantitative estimate of drug-likeness (QED) is 0.822. The maximum atomic E-state index is 11.8. The van der Waals surface area contributed by atoms with Gasteiger partial charge in [0.05, 0.1) is 18.2 Å². The minimum atomic E-state index is -0.200. The van der Waals surface area contributed by atoms with Gasteiger partial charge in [-0.15, -0.1) is 0 Å². The molecular weight excluding hydrogens is 270 g/mol. The summed E-state index contributed by atoms with van der Waals surface area (Å²) < 4.78 is 4.93. The lowest BCUT2D eigenvalue weighted by Crippen LogP contribution is -2.34. The van der Waals surface area contributed by atoms with Gasteiger partial charge in [0, 0.05) is 39.2 Å². The van der Waals surface area contributed by atoms with Crippen LogP contribution >= 0.6 is 0 Å². The second-order valence-electron chi connectivity index (χ2n) is 4.49. The number of hydrogen-bond donors (Lipinski definition) is 1. The van der Waals surface area contributed by atoms with Gasteiger partial charge in [0.1, 0.15) is 0 Å². The normalized spacial score (nSPS) is 9.76. The zero-order valence-electron chi connectivity index (χ0n) is 12.3. The summed E-state index contributed by atoms with van der Waals surface area (Å²) in [6.07, 6.45) is 0.195. The second kappa shape index (κ2) is 8.72. The maximum absolute atomic E-state index is 11.8. The Balaban J connectivity index is 2.49. The van der Waals surface area contributed by atoms with Gasteiger partial charge in [-0.1, -0.05) is 6.07 Å². The third-order valence-corrected chi connectivity index (χ3v) is 2.89. The fraction of sp³-hybridized carbons (Fsp3) is 0.400. The van der Waals surface area contributed by atoms with Gasteiger partial charge in [0.15, 0.2) is 0 Å². The van der Waals surface area contributed by atoms with Crippen LogP contribution in [0.5, 0.6) is 0 Å². The van der Waals surface area contributed by atoms with Crippen LogP contribution in [0.1, 0.15) is 18.9 Å². The Labute approximate surface area is 124 Å². The second-order valence-corrected chi connectivity index (χ2v) is 4.49. The zero-order chi connectivity index (χ0) is 15.7. The van der Waals surface area contributed by atoms with E-state index in [1.165, 1.54) is 6.92 Å². The number of benzene rings is 1. The molecular formula is C15H19N3O3. The van der Waals surface area contributed by atoms with E-state index >= 15 is 0 Å². The summed E-state index contributed by atoms with van der Waals surface area (Å²) in [5.41, 5.74) is 1.06. The number of rotatable bonds is 7. The number of methoxy groups -OCH3 is 1. The van der Waals surface area contributed by atoms with Crippen molar-refractivity contribution in [3.8, 4) is 6.07 Å². The Bertz CT molecular complexity index is 537. The lowest BCUT2D eigenvalue weighted by Gasteiger charge is -2.20. The van der Waals surface area contributed by atoms with Crippen molar-refractivity contribution in [2.24, 2.45) is 0 Å². The number of nitrogens with one attached hydrogen (secondary N) is 1. The monoisotopic (exact) mass is 289 g/mol. The lowest BCUT2D eigenvalue weighted by molar-refractivity contribution is -0.130.